The Morgan fingerprint density at radius 1 is 0.727 bits per heavy atom. The Labute approximate surface area is 131 Å². The molecule has 9 heteroatoms. The van der Waals surface area contributed by atoms with Crippen LogP contribution in [0.25, 0.3) is 0 Å². The average molecular weight is 334 g/mol. The number of rotatable bonds is 4. The van der Waals surface area contributed by atoms with E-state index in [9.17, 15) is 19.2 Å². The van der Waals surface area contributed by atoms with Gasteiger partial charge in [-0.1, -0.05) is 0 Å². The normalized spacial score (nSPS) is 27.5. The molecular formula is C13H18O8S. The van der Waals surface area contributed by atoms with Gasteiger partial charge in [0.25, 0.3) is 0 Å². The molecule has 8 nitrogen and oxygen atoms in total. The van der Waals surface area contributed by atoms with E-state index >= 15 is 0 Å². The van der Waals surface area contributed by atoms with Gasteiger partial charge in [-0.3, -0.25) is 19.2 Å². The third-order valence-electron chi connectivity index (χ3n) is 2.59. The van der Waals surface area contributed by atoms with Gasteiger partial charge in [0.2, 0.25) is 0 Å². The summed E-state index contributed by atoms with van der Waals surface area (Å²) >= 11 is 1.13. The summed E-state index contributed by atoms with van der Waals surface area (Å²) < 4.78 is 20.4. The highest BCUT2D eigenvalue weighted by molar-refractivity contribution is 7.99. The van der Waals surface area contributed by atoms with Crippen molar-refractivity contribution in [2.24, 2.45) is 0 Å². The van der Waals surface area contributed by atoms with Gasteiger partial charge >= 0.3 is 23.9 Å². The van der Waals surface area contributed by atoms with Gasteiger partial charge in [-0.05, 0) is 0 Å². The summed E-state index contributed by atoms with van der Waals surface area (Å²) in [5.74, 6) is -2.17. The van der Waals surface area contributed by atoms with Crippen LogP contribution in [-0.4, -0.2) is 53.4 Å². The Kier molecular flexibility index (Phi) is 6.66. The molecule has 4 atom stereocenters. The molecule has 1 rings (SSSR count). The molecule has 0 aliphatic carbocycles. The molecular weight excluding hydrogens is 316 g/mol. The summed E-state index contributed by atoms with van der Waals surface area (Å²) in [5, 5.41) is 0. The van der Waals surface area contributed by atoms with E-state index in [0.29, 0.717) is 0 Å². The first kappa shape index (κ1) is 18.3. The van der Waals surface area contributed by atoms with Crippen molar-refractivity contribution >= 4 is 35.6 Å². The molecule has 124 valence electrons. The molecule has 0 aromatic carbocycles. The molecule has 0 radical (unpaired) electrons. The quantitative estimate of drug-likeness (QED) is 0.534. The maximum Gasteiger partial charge on any atom is 0.303 e. The third kappa shape index (κ3) is 5.55. The van der Waals surface area contributed by atoms with Crippen molar-refractivity contribution in [3.8, 4) is 0 Å². The highest BCUT2D eigenvalue weighted by Gasteiger charge is 2.47. The number of thioether (sulfide) groups is 1. The molecule has 1 saturated heterocycles. The molecule has 0 amide bonds. The Morgan fingerprint density at radius 3 is 1.64 bits per heavy atom. The van der Waals surface area contributed by atoms with Crippen molar-refractivity contribution in [1.82, 2.24) is 0 Å². The molecule has 0 aromatic heterocycles. The molecule has 1 aliphatic heterocycles. The minimum absolute atomic E-state index is 0.229. The lowest BCUT2D eigenvalue weighted by Gasteiger charge is -2.39. The Bertz CT molecular complexity index is 421. The van der Waals surface area contributed by atoms with Gasteiger partial charge in [-0.2, -0.15) is 0 Å². The minimum atomic E-state index is -1.06. The highest BCUT2D eigenvalue weighted by Crippen LogP contribution is 2.33. The number of carbonyl (C=O) groups is 4. The van der Waals surface area contributed by atoms with Crippen molar-refractivity contribution in [3.63, 3.8) is 0 Å². The van der Waals surface area contributed by atoms with E-state index in [4.69, 9.17) is 18.9 Å². The number of carbonyl (C=O) groups excluding carboxylic acids is 4. The monoisotopic (exact) mass is 334 g/mol. The van der Waals surface area contributed by atoms with Crippen LogP contribution in [-0.2, 0) is 38.1 Å². The van der Waals surface area contributed by atoms with Crippen LogP contribution in [0.1, 0.15) is 27.7 Å². The lowest BCUT2D eigenvalue weighted by Crippen LogP contribution is -2.55. The fourth-order valence-corrected chi connectivity index (χ4v) is 3.21. The van der Waals surface area contributed by atoms with E-state index < -0.39 is 47.6 Å². The third-order valence-corrected chi connectivity index (χ3v) is 3.80. The Balaban J connectivity index is 3.03. The first-order valence-electron chi connectivity index (χ1n) is 6.51. The van der Waals surface area contributed by atoms with E-state index in [-0.39, 0.29) is 5.75 Å². The second-order valence-electron chi connectivity index (χ2n) is 4.61. The first-order valence-corrected chi connectivity index (χ1v) is 7.56. The molecule has 1 fully saturated rings. The number of hydrogen-bond acceptors (Lipinski definition) is 9. The van der Waals surface area contributed by atoms with Crippen LogP contribution in [0.3, 0.4) is 0 Å². The van der Waals surface area contributed by atoms with Crippen LogP contribution in [0.15, 0.2) is 0 Å². The zero-order valence-corrected chi connectivity index (χ0v) is 13.5. The van der Waals surface area contributed by atoms with Crippen LogP contribution >= 0.6 is 11.8 Å². The van der Waals surface area contributed by atoms with Crippen molar-refractivity contribution in [2.45, 2.75) is 51.4 Å². The second kappa shape index (κ2) is 8.02. The summed E-state index contributed by atoms with van der Waals surface area (Å²) in [4.78, 5) is 44.9. The van der Waals surface area contributed by atoms with Crippen molar-refractivity contribution < 1.29 is 38.1 Å². The standard InChI is InChI=1S/C13H18O8S/c1-6(14)18-10-5-22-13(21-9(4)17)12(20-8(3)16)11(10)19-7(2)15/h10-13H,5H2,1-4H3/t10-,11+,12-,13+/m1/s1. The van der Waals surface area contributed by atoms with Gasteiger partial charge in [0.1, 0.15) is 0 Å². The van der Waals surface area contributed by atoms with Crippen LogP contribution in [0.4, 0.5) is 0 Å². The van der Waals surface area contributed by atoms with Gasteiger partial charge in [-0.25, -0.2) is 0 Å². The number of hydrogen-bond donors (Lipinski definition) is 0. The Morgan fingerprint density at radius 2 is 1.18 bits per heavy atom. The number of esters is 4. The van der Waals surface area contributed by atoms with Crippen LogP contribution < -0.4 is 0 Å². The largest absolute Gasteiger partial charge is 0.458 e. The zero-order valence-electron chi connectivity index (χ0n) is 12.7. The predicted molar refractivity (Wildman–Crippen MR) is 74.7 cm³/mol. The molecule has 0 spiro atoms. The molecule has 0 bridgehead atoms. The Hall–Kier alpha value is -1.77. The van der Waals surface area contributed by atoms with Crippen LogP contribution in [0, 0.1) is 0 Å². The highest BCUT2D eigenvalue weighted by atomic mass is 32.2. The van der Waals surface area contributed by atoms with E-state index in [2.05, 4.69) is 0 Å². The molecule has 1 heterocycles. The van der Waals surface area contributed by atoms with Crippen molar-refractivity contribution in [1.29, 1.82) is 0 Å². The van der Waals surface area contributed by atoms with E-state index in [0.717, 1.165) is 11.8 Å². The maximum atomic E-state index is 11.3. The molecule has 0 unspecified atom stereocenters. The van der Waals surface area contributed by atoms with E-state index in [1.165, 1.54) is 27.7 Å². The number of ether oxygens (including phenoxy) is 4. The zero-order chi connectivity index (χ0) is 16.9. The molecule has 22 heavy (non-hydrogen) atoms. The van der Waals surface area contributed by atoms with Crippen molar-refractivity contribution in [3.05, 3.63) is 0 Å². The van der Waals surface area contributed by atoms with Gasteiger partial charge in [-0.15, -0.1) is 11.8 Å². The lowest BCUT2D eigenvalue weighted by molar-refractivity contribution is -0.191. The van der Waals surface area contributed by atoms with Gasteiger partial charge in [0, 0.05) is 33.4 Å². The molecule has 0 aromatic rings. The summed E-state index contributed by atoms with van der Waals surface area (Å²) in [6.07, 6.45) is -2.91. The smallest absolute Gasteiger partial charge is 0.303 e. The van der Waals surface area contributed by atoms with Crippen molar-refractivity contribution in [2.75, 3.05) is 5.75 Å². The van der Waals surface area contributed by atoms with Crippen LogP contribution in [0.5, 0.6) is 0 Å². The fraction of sp³-hybridized carbons (Fsp3) is 0.692. The van der Waals surface area contributed by atoms with E-state index in [1.54, 1.807) is 0 Å². The predicted octanol–water partition coefficient (Wildman–Crippen LogP) is 0.417. The van der Waals surface area contributed by atoms with Crippen LogP contribution in [0.2, 0.25) is 0 Å². The SMILES string of the molecule is CC(=O)O[C@@H]1[C@@H](OC(C)=O)[C@@H](OC(C)=O)SC[C@H]1OC(C)=O. The molecule has 1 aliphatic rings. The average Bonchev–Trinajstić information content (AvgIpc) is 2.34. The second-order valence-corrected chi connectivity index (χ2v) is 5.74. The summed E-state index contributed by atoms with van der Waals surface area (Å²) in [6.45, 7) is 4.78. The molecule has 0 saturated carbocycles. The maximum absolute atomic E-state index is 11.3. The van der Waals surface area contributed by atoms with Gasteiger partial charge < -0.3 is 18.9 Å². The fourth-order valence-electron chi connectivity index (χ4n) is 1.97. The first-order chi connectivity index (χ1) is 10.2. The van der Waals surface area contributed by atoms with E-state index in [1.807, 2.05) is 0 Å². The minimum Gasteiger partial charge on any atom is -0.458 e. The molecule has 0 N–H and O–H groups in total. The summed E-state index contributed by atoms with van der Waals surface area (Å²) in [6, 6.07) is 0. The van der Waals surface area contributed by atoms with Gasteiger partial charge in [0.15, 0.2) is 23.7 Å². The summed E-state index contributed by atoms with van der Waals surface area (Å²) in [5.41, 5.74) is -0.849. The lowest BCUT2D eigenvalue weighted by atomic mass is 10.1. The summed E-state index contributed by atoms with van der Waals surface area (Å²) in [7, 11) is 0. The topological polar surface area (TPSA) is 105 Å². The van der Waals surface area contributed by atoms with Gasteiger partial charge in [0.05, 0.1) is 0 Å².